The third kappa shape index (κ3) is 2.35. The fraction of sp³-hybridized carbons (Fsp3) is 0.609. The fourth-order valence-electron chi connectivity index (χ4n) is 6.43. The Balaban J connectivity index is 1.73. The summed E-state index contributed by atoms with van der Waals surface area (Å²) in [5.74, 6) is 2.59. The Labute approximate surface area is 151 Å². The number of allylic oxidation sites excluding steroid dienone is 2. The molecule has 1 N–H and O–H groups in total. The molecule has 2 nitrogen and oxygen atoms in total. The molecule has 0 radical (unpaired) electrons. The Morgan fingerprint density at radius 3 is 2.80 bits per heavy atom. The van der Waals surface area contributed by atoms with E-state index in [1.54, 1.807) is 0 Å². The van der Waals surface area contributed by atoms with Crippen LogP contribution in [0.3, 0.4) is 0 Å². The molecule has 4 rings (SSSR count). The van der Waals surface area contributed by atoms with Gasteiger partial charge in [0.05, 0.1) is 6.07 Å². The maximum Gasteiger partial charge on any atom is 0.119 e. The molecule has 132 valence electrons. The normalized spacial score (nSPS) is 35.4. The van der Waals surface area contributed by atoms with Crippen molar-refractivity contribution in [2.75, 3.05) is 0 Å². The van der Waals surface area contributed by atoms with Crippen LogP contribution in [0.4, 0.5) is 0 Å². The van der Waals surface area contributed by atoms with Crippen molar-refractivity contribution in [1.29, 1.82) is 5.26 Å². The van der Waals surface area contributed by atoms with Gasteiger partial charge in [-0.25, -0.2) is 0 Å². The summed E-state index contributed by atoms with van der Waals surface area (Å²) in [6.07, 6.45) is 8.02. The van der Waals surface area contributed by atoms with Gasteiger partial charge < -0.3 is 5.11 Å². The van der Waals surface area contributed by atoms with Crippen molar-refractivity contribution in [3.05, 3.63) is 40.0 Å². The number of hydrogen-bond donors (Lipinski definition) is 1. The van der Waals surface area contributed by atoms with Crippen LogP contribution >= 0.6 is 0 Å². The first-order valence-corrected chi connectivity index (χ1v) is 9.94. The lowest BCUT2D eigenvalue weighted by Crippen LogP contribution is -2.40. The van der Waals surface area contributed by atoms with E-state index >= 15 is 0 Å². The molecule has 0 aromatic heterocycles. The summed E-state index contributed by atoms with van der Waals surface area (Å²) in [5, 5.41) is 19.7. The smallest absolute Gasteiger partial charge is 0.119 e. The van der Waals surface area contributed by atoms with E-state index in [2.05, 4.69) is 26.0 Å². The van der Waals surface area contributed by atoms with Gasteiger partial charge in [0.15, 0.2) is 0 Å². The van der Waals surface area contributed by atoms with Gasteiger partial charge >= 0.3 is 0 Å². The van der Waals surface area contributed by atoms with Crippen LogP contribution in [0.2, 0.25) is 0 Å². The number of benzene rings is 1. The fourth-order valence-corrected chi connectivity index (χ4v) is 6.43. The molecular weight excluding hydrogens is 306 g/mol. The van der Waals surface area contributed by atoms with Crippen LogP contribution < -0.4 is 0 Å². The molecule has 0 heterocycles. The molecule has 1 aromatic rings. The molecule has 0 amide bonds. The molecule has 4 atom stereocenters. The number of phenols is 1. The average molecular weight is 335 g/mol. The number of nitrogens with zero attached hydrogens (tertiary/aromatic N) is 1. The number of phenolic OH excluding ortho intramolecular Hbond substituents is 1. The highest BCUT2D eigenvalue weighted by Crippen LogP contribution is 2.63. The first-order valence-electron chi connectivity index (χ1n) is 9.94. The summed E-state index contributed by atoms with van der Waals surface area (Å²) in [6.45, 7) is 6.57. The van der Waals surface area contributed by atoms with Gasteiger partial charge in [-0.2, -0.15) is 5.26 Å². The summed E-state index contributed by atoms with van der Waals surface area (Å²) in [7, 11) is 0. The first kappa shape index (κ1) is 16.7. The minimum absolute atomic E-state index is 0.239. The van der Waals surface area contributed by atoms with Gasteiger partial charge in [0.2, 0.25) is 0 Å². The molecule has 0 spiro atoms. The molecule has 3 aliphatic rings. The van der Waals surface area contributed by atoms with E-state index in [0.717, 1.165) is 42.2 Å². The number of nitriles is 1. The van der Waals surface area contributed by atoms with E-state index < -0.39 is 0 Å². The second-order valence-electron chi connectivity index (χ2n) is 8.66. The van der Waals surface area contributed by atoms with Crippen LogP contribution in [0.15, 0.2) is 23.3 Å². The number of aryl methyl sites for hydroxylation is 2. The molecule has 0 bridgehead atoms. The Bertz CT molecular complexity index is 784. The van der Waals surface area contributed by atoms with E-state index in [0.29, 0.717) is 11.7 Å². The highest BCUT2D eigenvalue weighted by molar-refractivity contribution is 5.46. The molecule has 3 aliphatic carbocycles. The third-order valence-corrected chi connectivity index (χ3v) is 7.71. The monoisotopic (exact) mass is 335 g/mol. The first-order chi connectivity index (χ1) is 12.0. The van der Waals surface area contributed by atoms with Crippen LogP contribution in [-0.4, -0.2) is 5.11 Å². The Hall–Kier alpha value is -1.75. The van der Waals surface area contributed by atoms with E-state index in [1.165, 1.54) is 42.4 Å². The summed E-state index contributed by atoms with van der Waals surface area (Å²) in [4.78, 5) is 0. The van der Waals surface area contributed by atoms with E-state index in [1.807, 2.05) is 13.0 Å². The number of fused-ring (bicyclic) bond motifs is 5. The molecule has 0 unspecified atom stereocenters. The van der Waals surface area contributed by atoms with Gasteiger partial charge in [0.1, 0.15) is 5.75 Å². The molecule has 25 heavy (non-hydrogen) atoms. The van der Waals surface area contributed by atoms with Gasteiger partial charge in [-0.1, -0.05) is 25.5 Å². The Kier molecular flexibility index (Phi) is 3.95. The van der Waals surface area contributed by atoms with E-state index in [-0.39, 0.29) is 5.41 Å². The lowest BCUT2D eigenvalue weighted by molar-refractivity contribution is 0.0810. The van der Waals surface area contributed by atoms with Crippen LogP contribution in [0, 0.1) is 28.6 Å². The Morgan fingerprint density at radius 1 is 1.28 bits per heavy atom. The highest BCUT2D eigenvalue weighted by Gasteiger charge is 2.53. The third-order valence-electron chi connectivity index (χ3n) is 7.71. The molecule has 2 saturated carbocycles. The summed E-state index contributed by atoms with van der Waals surface area (Å²) in [5.41, 5.74) is 6.65. The van der Waals surface area contributed by atoms with Crippen LogP contribution in [0.5, 0.6) is 5.75 Å². The van der Waals surface area contributed by atoms with E-state index in [4.69, 9.17) is 0 Å². The molecule has 0 saturated heterocycles. The van der Waals surface area contributed by atoms with Gasteiger partial charge in [-0.15, -0.1) is 0 Å². The number of hydrogen-bond acceptors (Lipinski definition) is 2. The SMILES string of the molecule is CCc1cc2c(cc1O)CC[C@@H]1[C@@H]2CC[C@]2(C)/C(=C(\C)C#N)CC[C@@H]12. The molecule has 0 aliphatic heterocycles. The lowest BCUT2D eigenvalue weighted by Gasteiger charge is -2.49. The van der Waals surface area contributed by atoms with Gasteiger partial charge in [-0.3, -0.25) is 0 Å². The van der Waals surface area contributed by atoms with E-state index in [9.17, 15) is 10.4 Å². The summed E-state index contributed by atoms with van der Waals surface area (Å²) < 4.78 is 0. The zero-order chi connectivity index (χ0) is 17.8. The predicted molar refractivity (Wildman–Crippen MR) is 100 cm³/mol. The summed E-state index contributed by atoms with van der Waals surface area (Å²) in [6, 6.07) is 6.77. The highest BCUT2D eigenvalue weighted by atomic mass is 16.3. The van der Waals surface area contributed by atoms with Crippen molar-refractivity contribution in [3.63, 3.8) is 0 Å². The van der Waals surface area contributed by atoms with Crippen molar-refractivity contribution in [3.8, 4) is 11.8 Å². The molecule has 1 aromatic carbocycles. The Morgan fingerprint density at radius 2 is 2.08 bits per heavy atom. The van der Waals surface area contributed by atoms with Gasteiger partial charge in [0.25, 0.3) is 0 Å². The average Bonchev–Trinajstić information content (AvgIpc) is 2.97. The van der Waals surface area contributed by atoms with Crippen molar-refractivity contribution in [2.45, 2.75) is 71.6 Å². The molecule has 2 heteroatoms. The van der Waals surface area contributed by atoms with Gasteiger partial charge in [-0.05, 0) is 97.8 Å². The summed E-state index contributed by atoms with van der Waals surface area (Å²) >= 11 is 0. The van der Waals surface area contributed by atoms with Gasteiger partial charge in [0, 0.05) is 5.57 Å². The van der Waals surface area contributed by atoms with Crippen LogP contribution in [-0.2, 0) is 12.8 Å². The minimum Gasteiger partial charge on any atom is -0.508 e. The zero-order valence-electron chi connectivity index (χ0n) is 15.7. The maximum absolute atomic E-state index is 10.2. The number of rotatable bonds is 1. The van der Waals surface area contributed by atoms with Crippen LogP contribution in [0.25, 0.3) is 0 Å². The largest absolute Gasteiger partial charge is 0.508 e. The van der Waals surface area contributed by atoms with Crippen molar-refractivity contribution in [1.82, 2.24) is 0 Å². The van der Waals surface area contributed by atoms with Crippen LogP contribution in [0.1, 0.15) is 75.5 Å². The number of aromatic hydroxyl groups is 1. The quantitative estimate of drug-likeness (QED) is 0.674. The van der Waals surface area contributed by atoms with Crippen molar-refractivity contribution in [2.24, 2.45) is 17.3 Å². The lowest BCUT2D eigenvalue weighted by atomic mass is 9.55. The maximum atomic E-state index is 10.2. The predicted octanol–water partition coefficient (Wildman–Crippen LogP) is 5.65. The molecule has 2 fully saturated rings. The topological polar surface area (TPSA) is 44.0 Å². The second kappa shape index (κ2) is 5.90. The van der Waals surface area contributed by atoms with Crippen molar-refractivity contribution < 1.29 is 5.11 Å². The minimum atomic E-state index is 0.239. The zero-order valence-corrected chi connectivity index (χ0v) is 15.7. The standard InChI is InChI=1S/C23H29NO/c1-4-15-11-19-16(12-22(15)25)5-6-18-17(19)9-10-23(3)20(14(2)13-24)7-8-21(18)23/h11-12,17-18,21,25H,4-10H2,1-3H3/b20-14+/t17-,18+,21-,23+/m0/s1. The second-order valence-corrected chi connectivity index (χ2v) is 8.66. The van der Waals surface area contributed by atoms with Crippen molar-refractivity contribution >= 4 is 0 Å². The molecular formula is C23H29NO.